The van der Waals surface area contributed by atoms with Crippen LogP contribution >= 0.6 is 11.6 Å². The highest BCUT2D eigenvalue weighted by molar-refractivity contribution is 6.30. The maximum atomic E-state index is 12.9. The standard InChI is InChI=1S/C17H22ClNO3/c1-17(2)14(12-7-8-22-15(12)17)19(3)16(20)11-6-5-10(18)9-13(11)21-4/h5-6,9,12,14-15H,7-8H2,1-4H3/t12-,14+,15+/m0/s1. The molecule has 0 aromatic heterocycles. The van der Waals surface area contributed by atoms with Crippen molar-refractivity contribution >= 4 is 17.5 Å². The molecule has 1 aromatic rings. The average molecular weight is 324 g/mol. The van der Waals surface area contributed by atoms with E-state index in [4.69, 9.17) is 21.1 Å². The second kappa shape index (κ2) is 5.43. The fourth-order valence-corrected chi connectivity index (χ4v) is 4.40. The fourth-order valence-electron chi connectivity index (χ4n) is 4.24. The number of nitrogens with zero attached hydrogens (tertiary/aromatic N) is 1. The quantitative estimate of drug-likeness (QED) is 0.857. The Kier molecular flexibility index (Phi) is 3.86. The highest BCUT2D eigenvalue weighted by Gasteiger charge is 2.61. The lowest BCUT2D eigenvalue weighted by atomic mass is 9.56. The molecule has 3 rings (SSSR count). The van der Waals surface area contributed by atoms with Crippen molar-refractivity contribution < 1.29 is 14.3 Å². The molecule has 0 bridgehead atoms. The largest absolute Gasteiger partial charge is 0.496 e. The highest BCUT2D eigenvalue weighted by atomic mass is 35.5. The van der Waals surface area contributed by atoms with Crippen molar-refractivity contribution in [2.75, 3.05) is 20.8 Å². The molecular formula is C17H22ClNO3. The summed E-state index contributed by atoms with van der Waals surface area (Å²) in [6.45, 7) is 5.14. The van der Waals surface area contributed by atoms with E-state index in [1.165, 1.54) is 0 Å². The number of hydrogen-bond acceptors (Lipinski definition) is 3. The van der Waals surface area contributed by atoms with Crippen LogP contribution in [-0.4, -0.2) is 43.7 Å². The van der Waals surface area contributed by atoms with Gasteiger partial charge in [0.05, 0.1) is 18.8 Å². The number of methoxy groups -OCH3 is 1. The second-order valence-corrected chi connectivity index (χ2v) is 7.21. The van der Waals surface area contributed by atoms with Crippen molar-refractivity contribution in [2.45, 2.75) is 32.4 Å². The van der Waals surface area contributed by atoms with E-state index in [0.29, 0.717) is 22.3 Å². The van der Waals surface area contributed by atoms with Crippen LogP contribution in [0.5, 0.6) is 5.75 Å². The highest BCUT2D eigenvalue weighted by Crippen LogP contribution is 2.54. The maximum Gasteiger partial charge on any atom is 0.257 e. The van der Waals surface area contributed by atoms with Crippen LogP contribution in [0.3, 0.4) is 0 Å². The van der Waals surface area contributed by atoms with Gasteiger partial charge in [-0.15, -0.1) is 0 Å². The second-order valence-electron chi connectivity index (χ2n) is 6.77. The molecule has 0 radical (unpaired) electrons. The van der Waals surface area contributed by atoms with Gasteiger partial charge < -0.3 is 14.4 Å². The minimum absolute atomic E-state index is 0.0226. The molecular weight excluding hydrogens is 302 g/mol. The van der Waals surface area contributed by atoms with E-state index in [1.54, 1.807) is 25.3 Å². The zero-order valence-corrected chi connectivity index (χ0v) is 14.2. The maximum absolute atomic E-state index is 12.9. The van der Waals surface area contributed by atoms with Gasteiger partial charge in [0.1, 0.15) is 5.75 Å². The predicted octanol–water partition coefficient (Wildman–Crippen LogP) is 3.23. The molecule has 22 heavy (non-hydrogen) atoms. The third-order valence-electron chi connectivity index (χ3n) is 5.17. The summed E-state index contributed by atoms with van der Waals surface area (Å²) in [5.41, 5.74) is 0.526. The van der Waals surface area contributed by atoms with Crippen LogP contribution in [0.25, 0.3) is 0 Å². The summed E-state index contributed by atoms with van der Waals surface area (Å²) in [6, 6.07) is 5.32. The van der Waals surface area contributed by atoms with Crippen LogP contribution in [0.4, 0.5) is 0 Å². The topological polar surface area (TPSA) is 38.8 Å². The summed E-state index contributed by atoms with van der Waals surface area (Å²) in [7, 11) is 3.42. The third-order valence-corrected chi connectivity index (χ3v) is 5.41. The van der Waals surface area contributed by atoms with Gasteiger partial charge in [0.25, 0.3) is 5.91 Å². The van der Waals surface area contributed by atoms with E-state index in [1.807, 2.05) is 11.9 Å². The van der Waals surface area contributed by atoms with Gasteiger partial charge in [0.2, 0.25) is 0 Å². The van der Waals surface area contributed by atoms with E-state index in [2.05, 4.69) is 13.8 Å². The molecule has 1 saturated heterocycles. The Hall–Kier alpha value is -1.26. The summed E-state index contributed by atoms with van der Waals surface area (Å²) in [6.07, 6.45) is 1.29. The molecule has 0 spiro atoms. The zero-order chi connectivity index (χ0) is 16.1. The molecule has 1 saturated carbocycles. The Labute approximate surface area is 136 Å². The molecule has 3 atom stereocenters. The van der Waals surface area contributed by atoms with Gasteiger partial charge in [-0.25, -0.2) is 0 Å². The molecule has 1 aliphatic carbocycles. The lowest BCUT2D eigenvalue weighted by Crippen LogP contribution is -2.66. The van der Waals surface area contributed by atoms with E-state index in [-0.39, 0.29) is 23.5 Å². The first-order valence-electron chi connectivity index (χ1n) is 7.60. The molecule has 1 amide bonds. The average Bonchev–Trinajstić information content (AvgIpc) is 2.92. The van der Waals surface area contributed by atoms with Crippen molar-refractivity contribution in [1.82, 2.24) is 4.90 Å². The van der Waals surface area contributed by atoms with Gasteiger partial charge in [-0.05, 0) is 24.6 Å². The zero-order valence-electron chi connectivity index (χ0n) is 13.4. The normalized spacial score (nSPS) is 28.7. The molecule has 2 fully saturated rings. The molecule has 1 aromatic carbocycles. The van der Waals surface area contributed by atoms with Gasteiger partial charge >= 0.3 is 0 Å². The number of fused-ring (bicyclic) bond motifs is 1. The lowest BCUT2D eigenvalue weighted by Gasteiger charge is -2.57. The van der Waals surface area contributed by atoms with Crippen LogP contribution in [0.15, 0.2) is 18.2 Å². The molecule has 0 N–H and O–H groups in total. The third kappa shape index (κ3) is 2.20. The molecule has 5 heteroatoms. The van der Waals surface area contributed by atoms with Crippen LogP contribution in [0.1, 0.15) is 30.6 Å². The van der Waals surface area contributed by atoms with Crippen molar-refractivity contribution in [3.8, 4) is 5.75 Å². The van der Waals surface area contributed by atoms with Gasteiger partial charge in [-0.2, -0.15) is 0 Å². The number of ether oxygens (including phenoxy) is 2. The fraction of sp³-hybridized carbons (Fsp3) is 0.588. The number of carbonyl (C=O) groups excluding carboxylic acids is 1. The smallest absolute Gasteiger partial charge is 0.257 e. The van der Waals surface area contributed by atoms with Gasteiger partial charge in [-0.3, -0.25) is 4.79 Å². The first-order valence-corrected chi connectivity index (χ1v) is 7.98. The minimum Gasteiger partial charge on any atom is -0.496 e. The Bertz CT molecular complexity index is 602. The van der Waals surface area contributed by atoms with Crippen LogP contribution < -0.4 is 4.74 Å². The minimum atomic E-state index is -0.0306. The molecule has 0 unspecified atom stereocenters. The summed E-state index contributed by atoms with van der Waals surface area (Å²) >= 11 is 5.98. The molecule has 1 heterocycles. The van der Waals surface area contributed by atoms with E-state index >= 15 is 0 Å². The Balaban J connectivity index is 1.86. The SMILES string of the molecule is COc1cc(Cl)ccc1C(=O)N(C)[C@@H]1[C@@H]2CCO[C@H]2C1(C)C. The van der Waals surface area contributed by atoms with Crippen LogP contribution in [0.2, 0.25) is 5.02 Å². The number of hydrogen-bond donors (Lipinski definition) is 0. The molecule has 1 aliphatic heterocycles. The molecule has 120 valence electrons. The first-order chi connectivity index (χ1) is 10.4. The molecule has 2 aliphatic rings. The monoisotopic (exact) mass is 323 g/mol. The van der Waals surface area contributed by atoms with Crippen LogP contribution in [-0.2, 0) is 4.74 Å². The Morgan fingerprint density at radius 3 is 2.86 bits per heavy atom. The Morgan fingerprint density at radius 2 is 2.18 bits per heavy atom. The van der Waals surface area contributed by atoms with Crippen molar-refractivity contribution in [3.05, 3.63) is 28.8 Å². The van der Waals surface area contributed by atoms with E-state index in [0.717, 1.165) is 13.0 Å². The Morgan fingerprint density at radius 1 is 1.45 bits per heavy atom. The number of benzene rings is 1. The predicted molar refractivity (Wildman–Crippen MR) is 85.5 cm³/mol. The molecule has 4 nitrogen and oxygen atoms in total. The number of carbonyl (C=O) groups is 1. The lowest BCUT2D eigenvalue weighted by molar-refractivity contribution is -0.139. The van der Waals surface area contributed by atoms with Gasteiger partial charge in [0, 0.05) is 36.1 Å². The van der Waals surface area contributed by atoms with E-state index < -0.39 is 0 Å². The summed E-state index contributed by atoms with van der Waals surface area (Å²) in [5, 5.41) is 0.560. The van der Waals surface area contributed by atoms with Gasteiger partial charge in [0.15, 0.2) is 0 Å². The van der Waals surface area contributed by atoms with E-state index in [9.17, 15) is 4.79 Å². The summed E-state index contributed by atoms with van der Waals surface area (Å²) in [5.74, 6) is 0.917. The van der Waals surface area contributed by atoms with Crippen molar-refractivity contribution in [3.63, 3.8) is 0 Å². The van der Waals surface area contributed by atoms with Crippen molar-refractivity contribution in [1.29, 1.82) is 0 Å². The van der Waals surface area contributed by atoms with Crippen molar-refractivity contribution in [2.24, 2.45) is 11.3 Å². The number of rotatable bonds is 3. The number of halogens is 1. The summed E-state index contributed by atoms with van der Waals surface area (Å²) in [4.78, 5) is 14.8. The number of amides is 1. The van der Waals surface area contributed by atoms with Gasteiger partial charge in [-0.1, -0.05) is 25.4 Å². The summed E-state index contributed by atoms with van der Waals surface area (Å²) < 4.78 is 11.1. The first kappa shape index (κ1) is 15.6. The van der Waals surface area contributed by atoms with Crippen LogP contribution in [0, 0.1) is 11.3 Å².